The van der Waals surface area contributed by atoms with Crippen molar-refractivity contribution in [2.24, 2.45) is 0 Å². The normalized spacial score (nSPS) is 14.3. The molecule has 0 bridgehead atoms. The largest absolute Gasteiger partial charge is 0.496 e. The van der Waals surface area contributed by atoms with Crippen LogP contribution in [-0.2, 0) is 4.74 Å². The molecule has 146 valence electrons. The number of pyridine rings is 2. The van der Waals surface area contributed by atoms with Crippen molar-refractivity contribution in [1.29, 1.82) is 0 Å². The topological polar surface area (TPSA) is 65.3 Å². The minimum Gasteiger partial charge on any atom is -0.496 e. The van der Waals surface area contributed by atoms with E-state index >= 15 is 0 Å². The molecule has 0 unspecified atom stereocenters. The Hall–Kier alpha value is -3.45. The third-order valence-corrected chi connectivity index (χ3v) is 5.19. The van der Waals surface area contributed by atoms with Gasteiger partial charge in [0.15, 0.2) is 0 Å². The van der Waals surface area contributed by atoms with Gasteiger partial charge in [0.1, 0.15) is 11.6 Å². The van der Waals surface area contributed by atoms with Crippen molar-refractivity contribution >= 4 is 16.7 Å². The maximum atomic E-state index is 5.50. The molecular formula is C22H21N5O2. The van der Waals surface area contributed by atoms with Crippen molar-refractivity contribution in [2.75, 3.05) is 38.3 Å². The summed E-state index contributed by atoms with van der Waals surface area (Å²) in [6.07, 6.45) is 7.27. The Kier molecular flexibility index (Phi) is 4.57. The lowest BCUT2D eigenvalue weighted by atomic mass is 10.1. The molecule has 0 radical (unpaired) electrons. The van der Waals surface area contributed by atoms with Gasteiger partial charge in [0.25, 0.3) is 0 Å². The van der Waals surface area contributed by atoms with E-state index < -0.39 is 0 Å². The molecule has 0 N–H and O–H groups in total. The summed E-state index contributed by atoms with van der Waals surface area (Å²) >= 11 is 0. The molecule has 3 aromatic heterocycles. The SMILES string of the molecule is COc1ccncc1-c1ccc2cnn(-c3ccnc(N4CCOCC4)c3)c2c1. The first kappa shape index (κ1) is 17.6. The van der Waals surface area contributed by atoms with Gasteiger partial charge in [-0.1, -0.05) is 12.1 Å². The first-order valence-electron chi connectivity index (χ1n) is 9.59. The minimum absolute atomic E-state index is 0.729. The molecule has 0 atom stereocenters. The average Bonchev–Trinajstić information content (AvgIpc) is 3.23. The summed E-state index contributed by atoms with van der Waals surface area (Å²) < 4.78 is 12.9. The predicted octanol–water partition coefficient (Wildman–Crippen LogP) is 3.33. The lowest BCUT2D eigenvalue weighted by Crippen LogP contribution is -2.36. The van der Waals surface area contributed by atoms with Crippen LogP contribution in [0.2, 0.25) is 0 Å². The number of hydrogen-bond acceptors (Lipinski definition) is 6. The van der Waals surface area contributed by atoms with E-state index in [9.17, 15) is 0 Å². The minimum atomic E-state index is 0.729. The summed E-state index contributed by atoms with van der Waals surface area (Å²) in [6.45, 7) is 3.16. The van der Waals surface area contributed by atoms with Crippen molar-refractivity contribution in [3.05, 3.63) is 61.2 Å². The highest BCUT2D eigenvalue weighted by molar-refractivity contribution is 5.86. The van der Waals surface area contributed by atoms with Crippen LogP contribution in [0.1, 0.15) is 0 Å². The third-order valence-electron chi connectivity index (χ3n) is 5.19. The number of ether oxygens (including phenoxy) is 2. The van der Waals surface area contributed by atoms with Gasteiger partial charge in [-0.3, -0.25) is 4.98 Å². The lowest BCUT2D eigenvalue weighted by molar-refractivity contribution is 0.122. The van der Waals surface area contributed by atoms with Crippen LogP contribution in [0.5, 0.6) is 5.75 Å². The van der Waals surface area contributed by atoms with Crippen molar-refractivity contribution in [2.45, 2.75) is 0 Å². The summed E-state index contributed by atoms with van der Waals surface area (Å²) in [7, 11) is 1.67. The van der Waals surface area contributed by atoms with Gasteiger partial charge in [-0.25, -0.2) is 9.67 Å². The molecule has 1 fully saturated rings. The van der Waals surface area contributed by atoms with Crippen LogP contribution in [0.15, 0.2) is 61.2 Å². The van der Waals surface area contributed by atoms with Crippen molar-refractivity contribution in [3.63, 3.8) is 0 Å². The Morgan fingerprint density at radius 3 is 2.76 bits per heavy atom. The van der Waals surface area contributed by atoms with Crippen LogP contribution in [0.4, 0.5) is 5.82 Å². The van der Waals surface area contributed by atoms with E-state index in [4.69, 9.17) is 9.47 Å². The molecule has 5 rings (SSSR count). The van der Waals surface area contributed by atoms with E-state index in [0.29, 0.717) is 0 Å². The maximum absolute atomic E-state index is 5.50. The quantitative estimate of drug-likeness (QED) is 0.535. The molecule has 7 heteroatoms. The summed E-state index contributed by atoms with van der Waals surface area (Å²) in [5, 5.41) is 5.70. The number of aromatic nitrogens is 4. The number of benzene rings is 1. The first-order valence-corrected chi connectivity index (χ1v) is 9.59. The fourth-order valence-corrected chi connectivity index (χ4v) is 3.67. The Bertz CT molecular complexity index is 1150. The zero-order valence-corrected chi connectivity index (χ0v) is 16.2. The van der Waals surface area contributed by atoms with E-state index in [-0.39, 0.29) is 0 Å². The fraction of sp³-hybridized carbons (Fsp3) is 0.227. The number of nitrogens with zero attached hydrogens (tertiary/aromatic N) is 5. The number of methoxy groups -OCH3 is 1. The molecule has 1 saturated heterocycles. The van der Waals surface area contributed by atoms with Gasteiger partial charge >= 0.3 is 0 Å². The fourth-order valence-electron chi connectivity index (χ4n) is 3.67. The van der Waals surface area contributed by atoms with E-state index in [1.165, 1.54) is 0 Å². The van der Waals surface area contributed by atoms with Gasteiger partial charge in [0.05, 0.1) is 37.7 Å². The molecule has 0 spiro atoms. The molecule has 1 aromatic carbocycles. The van der Waals surface area contributed by atoms with Gasteiger partial charge < -0.3 is 14.4 Å². The highest BCUT2D eigenvalue weighted by Crippen LogP contribution is 2.31. The van der Waals surface area contributed by atoms with Crippen molar-refractivity contribution in [1.82, 2.24) is 19.7 Å². The zero-order chi connectivity index (χ0) is 19.6. The molecule has 29 heavy (non-hydrogen) atoms. The van der Waals surface area contributed by atoms with E-state index in [2.05, 4.69) is 44.2 Å². The van der Waals surface area contributed by atoms with Crippen LogP contribution in [0, 0.1) is 0 Å². The highest BCUT2D eigenvalue weighted by Gasteiger charge is 2.15. The molecule has 0 aliphatic carbocycles. The molecule has 1 aliphatic heterocycles. The van der Waals surface area contributed by atoms with Gasteiger partial charge in [0.2, 0.25) is 0 Å². The number of hydrogen-bond donors (Lipinski definition) is 0. The molecule has 0 saturated carbocycles. The maximum Gasteiger partial charge on any atom is 0.130 e. The number of morpholine rings is 1. The number of anilines is 1. The highest BCUT2D eigenvalue weighted by atomic mass is 16.5. The first-order chi connectivity index (χ1) is 14.3. The zero-order valence-electron chi connectivity index (χ0n) is 16.2. The van der Waals surface area contributed by atoms with Crippen LogP contribution in [0.25, 0.3) is 27.7 Å². The van der Waals surface area contributed by atoms with Gasteiger partial charge in [-0.2, -0.15) is 5.10 Å². The summed E-state index contributed by atoms with van der Waals surface area (Å²) in [4.78, 5) is 11.0. The third kappa shape index (κ3) is 3.30. The standard InChI is InChI=1S/C22H21N5O2/c1-28-21-5-6-23-15-19(21)16-2-3-17-14-25-27(20(17)12-16)18-4-7-24-22(13-18)26-8-10-29-11-9-26/h2-7,12-15H,8-11H2,1H3. The van der Waals surface area contributed by atoms with Crippen LogP contribution in [-0.4, -0.2) is 53.2 Å². The van der Waals surface area contributed by atoms with Crippen LogP contribution >= 0.6 is 0 Å². The second-order valence-corrected chi connectivity index (χ2v) is 6.88. The Morgan fingerprint density at radius 1 is 1.00 bits per heavy atom. The number of rotatable bonds is 4. The van der Waals surface area contributed by atoms with Gasteiger partial charge in [0, 0.05) is 48.7 Å². The molecule has 0 amide bonds. The smallest absolute Gasteiger partial charge is 0.130 e. The molecular weight excluding hydrogens is 366 g/mol. The molecule has 1 aliphatic rings. The van der Waals surface area contributed by atoms with Crippen LogP contribution in [0.3, 0.4) is 0 Å². The number of fused-ring (bicyclic) bond motifs is 1. The lowest BCUT2D eigenvalue weighted by Gasteiger charge is -2.28. The van der Waals surface area contributed by atoms with Crippen LogP contribution < -0.4 is 9.64 Å². The molecule has 4 aromatic rings. The van der Waals surface area contributed by atoms with E-state index in [1.54, 1.807) is 13.3 Å². The van der Waals surface area contributed by atoms with Crippen molar-refractivity contribution < 1.29 is 9.47 Å². The second kappa shape index (κ2) is 7.52. The Balaban J connectivity index is 1.58. The molecule has 7 nitrogen and oxygen atoms in total. The summed E-state index contributed by atoms with van der Waals surface area (Å²) in [5.74, 6) is 1.74. The summed E-state index contributed by atoms with van der Waals surface area (Å²) in [6, 6.07) is 12.2. The average molecular weight is 387 g/mol. The van der Waals surface area contributed by atoms with Crippen molar-refractivity contribution in [3.8, 4) is 22.6 Å². The Labute approximate surface area is 168 Å². The monoisotopic (exact) mass is 387 g/mol. The summed E-state index contributed by atoms with van der Waals surface area (Å²) in [5.41, 5.74) is 3.99. The second-order valence-electron chi connectivity index (χ2n) is 6.88. The van der Waals surface area contributed by atoms with E-state index in [0.717, 1.165) is 65.6 Å². The Morgan fingerprint density at radius 2 is 1.90 bits per heavy atom. The van der Waals surface area contributed by atoms with E-state index in [1.807, 2.05) is 35.4 Å². The predicted molar refractivity (Wildman–Crippen MR) is 112 cm³/mol. The van der Waals surface area contributed by atoms with Gasteiger partial charge in [-0.05, 0) is 23.8 Å². The molecule has 4 heterocycles. The van der Waals surface area contributed by atoms with Gasteiger partial charge in [-0.15, -0.1) is 0 Å².